The van der Waals surface area contributed by atoms with Crippen LogP contribution in [0.3, 0.4) is 0 Å². The Morgan fingerprint density at radius 1 is 0.538 bits per heavy atom. The topological polar surface area (TPSA) is 0 Å². The molecular formula is C24H30Si2. The lowest BCUT2D eigenvalue weighted by molar-refractivity contribution is 1.53. The Hall–Kier alpha value is -1.91. The van der Waals surface area contributed by atoms with Crippen LogP contribution in [0.2, 0.25) is 39.3 Å². The molecule has 0 heterocycles. The molecule has 0 aliphatic heterocycles. The van der Waals surface area contributed by atoms with Gasteiger partial charge in [0.2, 0.25) is 0 Å². The van der Waals surface area contributed by atoms with E-state index in [0.717, 1.165) is 0 Å². The zero-order chi connectivity index (χ0) is 18.9. The summed E-state index contributed by atoms with van der Waals surface area (Å²) in [6.07, 6.45) is 8.69. The van der Waals surface area contributed by atoms with E-state index in [9.17, 15) is 0 Å². The van der Waals surface area contributed by atoms with Gasteiger partial charge in [0, 0.05) is 0 Å². The van der Waals surface area contributed by atoms with Crippen molar-refractivity contribution in [1.82, 2.24) is 0 Å². The number of rotatable bonds is 4. The minimum atomic E-state index is -1.27. The second-order valence-electron chi connectivity index (χ2n) is 9.20. The van der Waals surface area contributed by atoms with Gasteiger partial charge in [0.15, 0.2) is 0 Å². The highest BCUT2D eigenvalue weighted by molar-refractivity contribution is 6.89. The molecule has 0 aromatic heterocycles. The van der Waals surface area contributed by atoms with Crippen molar-refractivity contribution in [3.63, 3.8) is 0 Å². The van der Waals surface area contributed by atoms with Gasteiger partial charge < -0.3 is 0 Å². The highest BCUT2D eigenvalue weighted by Gasteiger charge is 2.19. The zero-order valence-electron chi connectivity index (χ0n) is 16.9. The standard InChI is InChI=1S/C24H30Si2/c1-25(2,3)22-15-11-20(12-16-22)24(19-9-7-8-10-19)21-13-17-23(18-14-21)26(4,5)6/h7-18H,1-6H3. The van der Waals surface area contributed by atoms with Crippen molar-refractivity contribution in [2.24, 2.45) is 0 Å². The third-order valence-corrected chi connectivity index (χ3v) is 9.16. The largest absolute Gasteiger partial charge is 0.0775 e. The van der Waals surface area contributed by atoms with Crippen LogP contribution in [-0.2, 0) is 0 Å². The second-order valence-corrected chi connectivity index (χ2v) is 19.4. The quantitative estimate of drug-likeness (QED) is 0.602. The first kappa shape index (κ1) is 18.9. The van der Waals surface area contributed by atoms with Crippen LogP contribution in [0.15, 0.2) is 78.4 Å². The van der Waals surface area contributed by atoms with E-state index in [1.54, 1.807) is 0 Å². The molecule has 2 heteroatoms. The van der Waals surface area contributed by atoms with E-state index in [2.05, 4.69) is 112 Å². The summed E-state index contributed by atoms with van der Waals surface area (Å²) in [7, 11) is -2.54. The Labute approximate surface area is 161 Å². The van der Waals surface area contributed by atoms with Gasteiger partial charge in [-0.3, -0.25) is 0 Å². The first-order valence-corrected chi connectivity index (χ1v) is 16.5. The van der Waals surface area contributed by atoms with Crippen LogP contribution in [0, 0.1) is 0 Å². The number of hydrogen-bond acceptors (Lipinski definition) is 0. The SMILES string of the molecule is C[Si](C)(C)c1ccc(C(=C2C=CC=C2)c2ccc([Si](C)(C)C)cc2)cc1. The van der Waals surface area contributed by atoms with Crippen molar-refractivity contribution in [1.29, 1.82) is 0 Å². The first-order chi connectivity index (χ1) is 12.2. The molecule has 0 radical (unpaired) electrons. The molecular weight excluding hydrogens is 344 g/mol. The molecule has 1 aliphatic carbocycles. The van der Waals surface area contributed by atoms with Crippen LogP contribution in [0.25, 0.3) is 5.57 Å². The van der Waals surface area contributed by atoms with Crippen LogP contribution in [-0.4, -0.2) is 16.1 Å². The summed E-state index contributed by atoms with van der Waals surface area (Å²) in [5, 5.41) is 3.02. The van der Waals surface area contributed by atoms with E-state index in [1.807, 2.05) is 0 Å². The van der Waals surface area contributed by atoms with Crippen LogP contribution in [0.1, 0.15) is 11.1 Å². The fourth-order valence-electron chi connectivity index (χ4n) is 3.31. The van der Waals surface area contributed by atoms with Gasteiger partial charge in [0.1, 0.15) is 0 Å². The van der Waals surface area contributed by atoms with Gasteiger partial charge in [0.25, 0.3) is 0 Å². The lowest BCUT2D eigenvalue weighted by Gasteiger charge is -2.19. The van der Waals surface area contributed by atoms with Crippen molar-refractivity contribution in [3.8, 4) is 0 Å². The van der Waals surface area contributed by atoms with Gasteiger partial charge in [-0.15, -0.1) is 0 Å². The van der Waals surface area contributed by atoms with Crippen molar-refractivity contribution in [2.45, 2.75) is 39.3 Å². The van der Waals surface area contributed by atoms with Gasteiger partial charge in [-0.05, 0) is 22.3 Å². The summed E-state index contributed by atoms with van der Waals surface area (Å²) in [6, 6.07) is 18.6. The van der Waals surface area contributed by atoms with E-state index in [0.29, 0.717) is 0 Å². The second kappa shape index (κ2) is 7.01. The van der Waals surface area contributed by atoms with Crippen molar-refractivity contribution < 1.29 is 0 Å². The van der Waals surface area contributed by atoms with Gasteiger partial charge in [0.05, 0.1) is 16.1 Å². The number of hydrogen-bond donors (Lipinski definition) is 0. The molecule has 0 atom stereocenters. The predicted octanol–water partition coefficient (Wildman–Crippen LogP) is 5.70. The monoisotopic (exact) mass is 374 g/mol. The Balaban J connectivity index is 2.07. The third-order valence-electron chi connectivity index (χ3n) is 5.03. The minimum absolute atomic E-state index is 1.27. The average Bonchev–Trinajstić information content (AvgIpc) is 3.08. The molecule has 0 N–H and O–H groups in total. The lowest BCUT2D eigenvalue weighted by Crippen LogP contribution is -2.37. The maximum absolute atomic E-state index is 2.40. The van der Waals surface area contributed by atoms with Crippen LogP contribution in [0.5, 0.6) is 0 Å². The fraction of sp³-hybridized carbons (Fsp3) is 0.250. The summed E-state index contributed by atoms with van der Waals surface area (Å²) in [4.78, 5) is 0. The Morgan fingerprint density at radius 3 is 1.19 bits per heavy atom. The molecule has 0 saturated heterocycles. The normalized spacial score (nSPS) is 14.2. The molecule has 2 aromatic carbocycles. The highest BCUT2D eigenvalue weighted by atomic mass is 28.3. The van der Waals surface area contributed by atoms with Crippen molar-refractivity contribution in [2.75, 3.05) is 0 Å². The van der Waals surface area contributed by atoms with E-state index in [-0.39, 0.29) is 0 Å². The Bertz CT molecular complexity index is 792. The van der Waals surface area contributed by atoms with Crippen LogP contribution in [0.4, 0.5) is 0 Å². The van der Waals surface area contributed by atoms with E-state index in [1.165, 1.54) is 32.6 Å². The number of allylic oxidation sites excluding steroid dienone is 5. The van der Waals surface area contributed by atoms with Gasteiger partial charge in [-0.2, -0.15) is 0 Å². The fourth-order valence-corrected chi connectivity index (χ4v) is 5.65. The summed E-state index contributed by atoms with van der Waals surface area (Å²) in [5.41, 5.74) is 5.24. The molecule has 134 valence electrons. The average molecular weight is 375 g/mol. The first-order valence-electron chi connectivity index (χ1n) is 9.47. The summed E-state index contributed by atoms with van der Waals surface area (Å²) in [5.74, 6) is 0. The van der Waals surface area contributed by atoms with Gasteiger partial charge >= 0.3 is 0 Å². The minimum Gasteiger partial charge on any atom is -0.0656 e. The molecule has 0 amide bonds. The van der Waals surface area contributed by atoms with Gasteiger partial charge in [-0.25, -0.2) is 0 Å². The van der Waals surface area contributed by atoms with E-state index >= 15 is 0 Å². The maximum atomic E-state index is 2.40. The summed E-state index contributed by atoms with van der Waals surface area (Å²) < 4.78 is 0. The smallest absolute Gasteiger partial charge is 0.0656 e. The lowest BCUT2D eigenvalue weighted by atomic mass is 9.93. The number of benzene rings is 2. The summed E-state index contributed by atoms with van der Waals surface area (Å²) >= 11 is 0. The zero-order valence-corrected chi connectivity index (χ0v) is 18.9. The molecule has 3 rings (SSSR count). The van der Waals surface area contributed by atoms with Crippen LogP contribution < -0.4 is 10.4 Å². The Morgan fingerprint density at radius 2 is 0.885 bits per heavy atom. The van der Waals surface area contributed by atoms with Crippen LogP contribution >= 0.6 is 0 Å². The molecule has 0 saturated carbocycles. The van der Waals surface area contributed by atoms with E-state index in [4.69, 9.17) is 0 Å². The highest BCUT2D eigenvalue weighted by Crippen LogP contribution is 2.29. The molecule has 2 aromatic rings. The molecule has 0 fully saturated rings. The molecule has 0 bridgehead atoms. The third kappa shape index (κ3) is 4.08. The Kier molecular flexibility index (Phi) is 5.09. The molecule has 1 aliphatic rings. The van der Waals surface area contributed by atoms with Crippen molar-refractivity contribution >= 4 is 32.1 Å². The molecule has 0 spiro atoms. The van der Waals surface area contributed by atoms with Crippen molar-refractivity contribution in [3.05, 3.63) is 89.5 Å². The maximum Gasteiger partial charge on any atom is 0.0775 e. The van der Waals surface area contributed by atoms with Gasteiger partial charge in [-0.1, -0.05) is 122 Å². The molecule has 0 unspecified atom stereocenters. The molecule has 0 nitrogen and oxygen atoms in total. The summed E-state index contributed by atoms with van der Waals surface area (Å²) in [6.45, 7) is 14.4. The predicted molar refractivity (Wildman–Crippen MR) is 123 cm³/mol. The van der Waals surface area contributed by atoms with E-state index < -0.39 is 16.1 Å². The molecule has 26 heavy (non-hydrogen) atoms.